The zero-order valence-corrected chi connectivity index (χ0v) is 25.4. The predicted octanol–water partition coefficient (Wildman–Crippen LogP) is 4.69. The maximum atomic E-state index is 12.2. The number of carbonyl (C=O) groups excluding carboxylic acids is 4. The van der Waals surface area contributed by atoms with Crippen molar-refractivity contribution in [3.63, 3.8) is 0 Å². The van der Waals surface area contributed by atoms with Crippen LogP contribution in [0.1, 0.15) is 69.9 Å². The van der Waals surface area contributed by atoms with Crippen LogP contribution in [0, 0.1) is 0 Å². The van der Waals surface area contributed by atoms with Crippen LogP contribution in [-0.2, 0) is 55.7 Å². The molecule has 11 heteroatoms. The highest BCUT2D eigenvalue weighted by Crippen LogP contribution is 2.39. The molecule has 0 aliphatic carbocycles. The highest BCUT2D eigenvalue weighted by Gasteiger charge is 2.52. The summed E-state index contributed by atoms with van der Waals surface area (Å²) in [4.78, 5) is 48.0. The fourth-order valence-corrected chi connectivity index (χ4v) is 5.12. The largest absolute Gasteiger partial charge is 0.494 e. The zero-order chi connectivity index (χ0) is 31.0. The minimum atomic E-state index is -1.26. The van der Waals surface area contributed by atoms with Gasteiger partial charge >= 0.3 is 23.9 Å². The van der Waals surface area contributed by atoms with Crippen molar-refractivity contribution in [2.24, 2.45) is 0 Å². The van der Waals surface area contributed by atoms with Crippen LogP contribution >= 0.6 is 11.6 Å². The first-order valence-electron chi connectivity index (χ1n) is 13.8. The van der Waals surface area contributed by atoms with Gasteiger partial charge in [0.15, 0.2) is 18.3 Å². The van der Waals surface area contributed by atoms with Gasteiger partial charge in [-0.05, 0) is 54.2 Å². The van der Waals surface area contributed by atoms with Crippen molar-refractivity contribution in [1.82, 2.24) is 0 Å². The summed E-state index contributed by atoms with van der Waals surface area (Å²) in [5.41, 5.74) is 3.42. The Bertz CT molecular complexity index is 1290. The summed E-state index contributed by atoms with van der Waals surface area (Å²) in [7, 11) is 0. The molecule has 1 aliphatic rings. The van der Waals surface area contributed by atoms with Gasteiger partial charge < -0.3 is 28.4 Å². The van der Waals surface area contributed by atoms with Crippen LogP contribution in [0.15, 0.2) is 36.4 Å². The van der Waals surface area contributed by atoms with E-state index in [0.29, 0.717) is 23.6 Å². The van der Waals surface area contributed by atoms with E-state index in [4.69, 9.17) is 40.0 Å². The second-order valence-corrected chi connectivity index (χ2v) is 10.3. The van der Waals surface area contributed by atoms with Crippen molar-refractivity contribution >= 4 is 35.5 Å². The molecule has 0 radical (unpaired) electrons. The Labute approximate surface area is 250 Å². The molecule has 2 aromatic rings. The Morgan fingerprint density at radius 3 is 2.02 bits per heavy atom. The molecule has 2 aromatic carbocycles. The molecule has 1 saturated heterocycles. The van der Waals surface area contributed by atoms with Gasteiger partial charge in [0.2, 0.25) is 0 Å². The smallest absolute Gasteiger partial charge is 0.303 e. The third-order valence-corrected chi connectivity index (χ3v) is 6.96. The average Bonchev–Trinajstić information content (AvgIpc) is 2.91. The van der Waals surface area contributed by atoms with Crippen LogP contribution in [0.4, 0.5) is 0 Å². The summed E-state index contributed by atoms with van der Waals surface area (Å²) in [5.74, 6) is -1.80. The number of rotatable bonds is 11. The topological polar surface area (TPSA) is 124 Å². The van der Waals surface area contributed by atoms with Crippen LogP contribution in [-0.4, -0.2) is 61.5 Å². The van der Waals surface area contributed by atoms with Gasteiger partial charge in [0.05, 0.1) is 6.61 Å². The van der Waals surface area contributed by atoms with Crippen LogP contribution in [0.3, 0.4) is 0 Å². The average molecular weight is 605 g/mol. The van der Waals surface area contributed by atoms with Gasteiger partial charge in [-0.2, -0.15) is 0 Å². The minimum absolute atomic E-state index is 0.305. The van der Waals surface area contributed by atoms with E-state index in [1.165, 1.54) is 27.7 Å². The molecule has 5 atom stereocenters. The molecule has 0 spiro atoms. The lowest BCUT2D eigenvalue weighted by Gasteiger charge is -2.44. The lowest BCUT2D eigenvalue weighted by molar-refractivity contribution is -0.254. The minimum Gasteiger partial charge on any atom is -0.494 e. The van der Waals surface area contributed by atoms with E-state index in [1.54, 1.807) is 12.1 Å². The molecule has 1 heterocycles. The highest BCUT2D eigenvalue weighted by atomic mass is 35.5. The summed E-state index contributed by atoms with van der Waals surface area (Å²) in [6.45, 7) is 9.05. The van der Waals surface area contributed by atoms with E-state index in [0.717, 1.165) is 28.9 Å². The van der Waals surface area contributed by atoms with Gasteiger partial charge in [-0.3, -0.25) is 19.2 Å². The second kappa shape index (κ2) is 15.0. The van der Waals surface area contributed by atoms with Crippen LogP contribution in [0.2, 0.25) is 5.02 Å². The highest BCUT2D eigenvalue weighted by molar-refractivity contribution is 6.31. The fraction of sp³-hybridized carbons (Fsp3) is 0.484. The molecule has 3 rings (SSSR count). The Hall–Kier alpha value is -3.63. The normalized spacial score (nSPS) is 21.6. The van der Waals surface area contributed by atoms with E-state index in [9.17, 15) is 19.2 Å². The molecule has 42 heavy (non-hydrogen) atoms. The summed E-state index contributed by atoms with van der Waals surface area (Å²) in [5, 5.41) is 0.510. The molecule has 10 nitrogen and oxygen atoms in total. The molecule has 0 aromatic heterocycles. The molecule has 1 aliphatic heterocycles. The van der Waals surface area contributed by atoms with Crippen molar-refractivity contribution in [1.29, 1.82) is 0 Å². The lowest BCUT2D eigenvalue weighted by Crippen LogP contribution is -2.59. The Morgan fingerprint density at radius 2 is 1.43 bits per heavy atom. The number of hydrogen-bond acceptors (Lipinski definition) is 10. The first-order chi connectivity index (χ1) is 19.9. The third-order valence-electron chi connectivity index (χ3n) is 6.59. The number of benzene rings is 2. The Morgan fingerprint density at radius 1 is 0.786 bits per heavy atom. The number of aryl methyl sites for hydroxylation is 1. The maximum Gasteiger partial charge on any atom is 0.303 e. The van der Waals surface area contributed by atoms with Crippen LogP contribution in [0.5, 0.6) is 5.75 Å². The van der Waals surface area contributed by atoms with Crippen molar-refractivity contribution < 1.29 is 47.6 Å². The van der Waals surface area contributed by atoms with Gasteiger partial charge in [-0.1, -0.05) is 42.8 Å². The van der Waals surface area contributed by atoms with Gasteiger partial charge in [-0.15, -0.1) is 0 Å². The maximum absolute atomic E-state index is 12.2. The predicted molar refractivity (Wildman–Crippen MR) is 152 cm³/mol. The molecule has 0 bridgehead atoms. The summed E-state index contributed by atoms with van der Waals surface area (Å²) >= 11 is 6.62. The number of esters is 4. The SMILES string of the molecule is CCOc1ccc(Cc2cc([C@@H]3O[C@H](COC(C)=O)[C@@H](OC(C)=O)[C@H](OC(C)=O)[C@H]3OC(C)=O)ccc2Cl)cc1CC. The fourth-order valence-electron chi connectivity index (χ4n) is 4.94. The first kappa shape index (κ1) is 32.9. The third kappa shape index (κ3) is 8.69. The summed E-state index contributed by atoms with van der Waals surface area (Å²) in [6.07, 6.45) is -4.44. The number of carbonyl (C=O) groups is 4. The first-order valence-corrected chi connectivity index (χ1v) is 14.1. The standard InChI is InChI=1S/C31H37ClO10/c1-7-22-13-21(9-12-26(22)37-8-2)14-24-15-23(10-11-25(24)32)28-30(40-19(5)35)31(41-20(6)36)29(39-18(4)34)27(42-28)16-38-17(3)33/h9-13,15,27-31H,7-8,14,16H2,1-6H3/t27-,28+,29-,30+,31+/m1/s1. The molecular formula is C31H37ClO10. The quantitative estimate of drug-likeness (QED) is 0.263. The monoisotopic (exact) mass is 604 g/mol. The summed E-state index contributed by atoms with van der Waals surface area (Å²) in [6, 6.07) is 11.2. The number of ether oxygens (including phenoxy) is 6. The lowest BCUT2D eigenvalue weighted by atomic mass is 9.89. The second-order valence-electron chi connectivity index (χ2n) is 9.88. The van der Waals surface area contributed by atoms with Crippen LogP contribution < -0.4 is 4.74 Å². The van der Waals surface area contributed by atoms with E-state index in [-0.39, 0.29) is 6.61 Å². The molecule has 0 unspecified atom stereocenters. The van der Waals surface area contributed by atoms with Crippen LogP contribution in [0.25, 0.3) is 0 Å². The van der Waals surface area contributed by atoms with E-state index < -0.39 is 54.4 Å². The summed E-state index contributed by atoms with van der Waals surface area (Å²) < 4.78 is 33.9. The van der Waals surface area contributed by atoms with Crippen molar-refractivity contribution in [2.75, 3.05) is 13.2 Å². The van der Waals surface area contributed by atoms with E-state index in [1.807, 2.05) is 25.1 Å². The molecule has 0 N–H and O–H groups in total. The van der Waals surface area contributed by atoms with Gasteiger partial charge in [0.25, 0.3) is 0 Å². The Kier molecular flexibility index (Phi) is 11.8. The molecule has 1 fully saturated rings. The molecule has 0 amide bonds. The number of hydrogen-bond donors (Lipinski definition) is 0. The Balaban J connectivity index is 2.06. The van der Waals surface area contributed by atoms with Gasteiger partial charge in [-0.25, -0.2) is 0 Å². The van der Waals surface area contributed by atoms with E-state index in [2.05, 4.69) is 13.0 Å². The van der Waals surface area contributed by atoms with Crippen molar-refractivity contribution in [2.45, 2.75) is 84.9 Å². The van der Waals surface area contributed by atoms with Gasteiger partial charge in [0.1, 0.15) is 24.6 Å². The molecular weight excluding hydrogens is 568 g/mol. The van der Waals surface area contributed by atoms with Gasteiger partial charge in [0, 0.05) is 32.7 Å². The van der Waals surface area contributed by atoms with E-state index >= 15 is 0 Å². The number of halogens is 1. The van der Waals surface area contributed by atoms with Crippen molar-refractivity contribution in [3.05, 3.63) is 63.7 Å². The zero-order valence-electron chi connectivity index (χ0n) is 24.6. The molecule has 228 valence electrons. The van der Waals surface area contributed by atoms with Crippen molar-refractivity contribution in [3.8, 4) is 5.75 Å². The molecule has 0 saturated carbocycles.